The Morgan fingerprint density at radius 1 is 1.19 bits per heavy atom. The molecule has 1 aliphatic carbocycles. The monoisotopic (exact) mass is 436 g/mol. The maximum atomic E-state index is 12.5. The average molecular weight is 437 g/mol. The molecule has 5 rings (SSSR count). The van der Waals surface area contributed by atoms with E-state index in [1.807, 2.05) is 0 Å². The van der Waals surface area contributed by atoms with Crippen LogP contribution in [0.4, 0.5) is 5.82 Å². The van der Waals surface area contributed by atoms with E-state index in [0.717, 1.165) is 13.0 Å². The van der Waals surface area contributed by atoms with Gasteiger partial charge in [-0.2, -0.15) is 0 Å². The van der Waals surface area contributed by atoms with Crippen LogP contribution in [0.1, 0.15) is 46.9 Å². The van der Waals surface area contributed by atoms with E-state index in [-0.39, 0.29) is 30.1 Å². The minimum Gasteiger partial charge on any atom is -0.390 e. The summed E-state index contributed by atoms with van der Waals surface area (Å²) in [5.41, 5.74) is 3.06. The van der Waals surface area contributed by atoms with Crippen molar-refractivity contribution in [3.63, 3.8) is 0 Å². The summed E-state index contributed by atoms with van der Waals surface area (Å²) >= 11 is 0. The van der Waals surface area contributed by atoms with Gasteiger partial charge in [0.15, 0.2) is 0 Å². The number of aliphatic hydroxyl groups excluding tert-OH is 1. The predicted octanol–water partition coefficient (Wildman–Crippen LogP) is 0.754. The smallest absolute Gasteiger partial charge is 0.270 e. The molecule has 2 amide bonds. The molecule has 2 aromatic rings. The summed E-state index contributed by atoms with van der Waals surface area (Å²) in [5, 5.41) is 16.5. The van der Waals surface area contributed by atoms with Crippen LogP contribution >= 0.6 is 0 Å². The van der Waals surface area contributed by atoms with Gasteiger partial charge in [0.25, 0.3) is 5.91 Å². The molecule has 32 heavy (non-hydrogen) atoms. The van der Waals surface area contributed by atoms with Crippen LogP contribution in [-0.2, 0) is 4.79 Å². The van der Waals surface area contributed by atoms with Gasteiger partial charge in [0.2, 0.25) is 5.91 Å². The van der Waals surface area contributed by atoms with E-state index in [4.69, 9.17) is 0 Å². The van der Waals surface area contributed by atoms with Crippen molar-refractivity contribution in [3.8, 4) is 0 Å². The number of nitrogens with one attached hydrogen (secondary N) is 2. The van der Waals surface area contributed by atoms with Crippen molar-refractivity contribution in [1.82, 2.24) is 25.1 Å². The first kappa shape index (κ1) is 20.8. The SMILES string of the molecule is CC(=O)N1CC(Nc2cc(C(=O)NC[C@H](O)CN3CC4CC3c3ccccc34)ncn2)C1. The highest BCUT2D eigenvalue weighted by atomic mass is 16.3. The number of carbonyl (C=O) groups is 2. The minimum atomic E-state index is -0.655. The topological polar surface area (TPSA) is 111 Å². The number of amides is 2. The van der Waals surface area contributed by atoms with Gasteiger partial charge in [-0.25, -0.2) is 9.97 Å². The van der Waals surface area contributed by atoms with Gasteiger partial charge in [0.05, 0.1) is 12.1 Å². The fraction of sp³-hybridized carbons (Fsp3) is 0.478. The van der Waals surface area contributed by atoms with Crippen LogP contribution in [0.2, 0.25) is 0 Å². The molecule has 0 saturated carbocycles. The number of hydrogen-bond donors (Lipinski definition) is 3. The average Bonchev–Trinajstić information content (AvgIpc) is 3.33. The van der Waals surface area contributed by atoms with Crippen molar-refractivity contribution in [2.75, 3.05) is 38.0 Å². The Labute approximate surface area is 186 Å². The van der Waals surface area contributed by atoms with Crippen LogP contribution in [0.15, 0.2) is 36.7 Å². The summed E-state index contributed by atoms with van der Waals surface area (Å²) in [7, 11) is 0. The van der Waals surface area contributed by atoms with Gasteiger partial charge in [0, 0.05) is 51.8 Å². The molecule has 9 heteroatoms. The fourth-order valence-corrected chi connectivity index (χ4v) is 5.07. The second-order valence-corrected chi connectivity index (χ2v) is 8.95. The fourth-order valence-electron chi connectivity index (χ4n) is 5.07. The lowest BCUT2D eigenvalue weighted by molar-refractivity contribution is -0.132. The number of anilines is 1. The lowest BCUT2D eigenvalue weighted by Crippen LogP contribution is -2.56. The van der Waals surface area contributed by atoms with E-state index in [1.165, 1.54) is 17.5 Å². The molecule has 168 valence electrons. The number of rotatable bonds is 7. The van der Waals surface area contributed by atoms with Crippen LogP contribution in [0.3, 0.4) is 0 Å². The summed E-state index contributed by atoms with van der Waals surface area (Å²) in [5.74, 6) is 0.797. The molecule has 0 spiro atoms. The molecule has 1 aromatic heterocycles. The van der Waals surface area contributed by atoms with E-state index in [1.54, 1.807) is 17.9 Å². The largest absolute Gasteiger partial charge is 0.390 e. The van der Waals surface area contributed by atoms with E-state index in [2.05, 4.69) is 49.8 Å². The highest BCUT2D eigenvalue weighted by molar-refractivity contribution is 5.92. The number of aliphatic hydroxyl groups is 1. The quantitative estimate of drug-likeness (QED) is 0.588. The van der Waals surface area contributed by atoms with Crippen LogP contribution < -0.4 is 10.6 Å². The van der Waals surface area contributed by atoms with Crippen LogP contribution in [0.5, 0.6) is 0 Å². The van der Waals surface area contributed by atoms with Gasteiger partial charge in [-0.15, -0.1) is 0 Å². The van der Waals surface area contributed by atoms with Gasteiger partial charge < -0.3 is 20.6 Å². The van der Waals surface area contributed by atoms with Crippen molar-refractivity contribution < 1.29 is 14.7 Å². The highest BCUT2D eigenvalue weighted by Crippen LogP contribution is 2.49. The molecule has 2 bridgehead atoms. The van der Waals surface area contributed by atoms with Crippen molar-refractivity contribution >= 4 is 17.6 Å². The molecule has 3 N–H and O–H groups in total. The van der Waals surface area contributed by atoms with E-state index in [9.17, 15) is 14.7 Å². The molecule has 3 heterocycles. The Bertz CT molecular complexity index is 1020. The van der Waals surface area contributed by atoms with Crippen LogP contribution in [-0.4, -0.2) is 81.6 Å². The predicted molar refractivity (Wildman–Crippen MR) is 118 cm³/mol. The molecule has 3 atom stereocenters. The molecule has 0 radical (unpaired) electrons. The number of carbonyl (C=O) groups excluding carboxylic acids is 2. The Balaban J connectivity index is 1.10. The second kappa shape index (κ2) is 8.48. The summed E-state index contributed by atoms with van der Waals surface area (Å²) < 4.78 is 0. The van der Waals surface area contributed by atoms with Gasteiger partial charge in [-0.05, 0) is 23.5 Å². The third kappa shape index (κ3) is 4.05. The zero-order valence-electron chi connectivity index (χ0n) is 18.1. The van der Waals surface area contributed by atoms with Gasteiger partial charge in [-0.3, -0.25) is 14.5 Å². The minimum absolute atomic E-state index is 0.0512. The van der Waals surface area contributed by atoms with Gasteiger partial charge in [-0.1, -0.05) is 24.3 Å². The van der Waals surface area contributed by atoms with E-state index < -0.39 is 6.10 Å². The first-order valence-electron chi connectivity index (χ1n) is 11.1. The number of hydrogen-bond acceptors (Lipinski definition) is 7. The molecule has 9 nitrogen and oxygen atoms in total. The third-order valence-electron chi connectivity index (χ3n) is 6.72. The number of nitrogens with zero attached hydrogens (tertiary/aromatic N) is 4. The summed E-state index contributed by atoms with van der Waals surface area (Å²) in [6, 6.07) is 10.6. The third-order valence-corrected chi connectivity index (χ3v) is 6.72. The Kier molecular flexibility index (Phi) is 5.52. The number of benzene rings is 1. The van der Waals surface area contributed by atoms with Crippen molar-refractivity contribution in [2.24, 2.45) is 0 Å². The van der Waals surface area contributed by atoms with Gasteiger partial charge in [0.1, 0.15) is 17.8 Å². The second-order valence-electron chi connectivity index (χ2n) is 8.95. The van der Waals surface area contributed by atoms with Crippen molar-refractivity contribution in [2.45, 2.75) is 37.5 Å². The lowest BCUT2D eigenvalue weighted by atomic mass is 9.99. The number of β-amino-alcohol motifs (C(OH)–C–C–N with tert-alkyl or cyclic N) is 1. The molecule has 2 saturated heterocycles. The zero-order valence-corrected chi connectivity index (χ0v) is 18.1. The molecule has 3 aliphatic rings. The highest BCUT2D eigenvalue weighted by Gasteiger charge is 2.42. The van der Waals surface area contributed by atoms with Crippen molar-refractivity contribution in [1.29, 1.82) is 0 Å². The summed E-state index contributed by atoms with van der Waals surface area (Å²) in [6.07, 6.45) is 1.80. The first-order valence-corrected chi connectivity index (χ1v) is 11.1. The van der Waals surface area contributed by atoms with E-state index in [0.29, 0.717) is 37.4 Å². The Hall–Kier alpha value is -3.04. The molecular formula is C23H28N6O3. The number of likely N-dealkylation sites (tertiary alicyclic amines) is 2. The maximum Gasteiger partial charge on any atom is 0.270 e. The standard InChI is InChI=1S/C23H28N6O3/c1-14(30)28-10-16(11-28)27-22-7-20(25-13-26-22)23(32)24-8-17(31)12-29-9-15-6-21(29)19-5-3-2-4-18(15)19/h2-5,7,13,15-17,21,31H,6,8-12H2,1H3,(H,24,32)(H,25,26,27)/t15?,17-,21?/m0/s1. The number of fused-ring (bicyclic) bond motifs is 5. The molecule has 2 fully saturated rings. The van der Waals surface area contributed by atoms with Crippen LogP contribution in [0, 0.1) is 0 Å². The first-order chi connectivity index (χ1) is 15.5. The molecular weight excluding hydrogens is 408 g/mol. The Morgan fingerprint density at radius 2 is 1.97 bits per heavy atom. The molecule has 2 unspecified atom stereocenters. The summed E-state index contributed by atoms with van der Waals surface area (Å²) in [4.78, 5) is 36.1. The lowest BCUT2D eigenvalue weighted by Gasteiger charge is -2.39. The molecule has 1 aromatic carbocycles. The Morgan fingerprint density at radius 3 is 2.75 bits per heavy atom. The van der Waals surface area contributed by atoms with Gasteiger partial charge >= 0.3 is 0 Å². The summed E-state index contributed by atoms with van der Waals surface area (Å²) in [6.45, 7) is 4.44. The normalized spacial score (nSPS) is 22.9. The van der Waals surface area contributed by atoms with E-state index >= 15 is 0 Å². The number of aromatic nitrogens is 2. The van der Waals surface area contributed by atoms with Crippen LogP contribution in [0.25, 0.3) is 0 Å². The maximum absolute atomic E-state index is 12.5. The zero-order chi connectivity index (χ0) is 22.2. The molecule has 2 aliphatic heterocycles. The van der Waals surface area contributed by atoms with Crippen molar-refractivity contribution in [3.05, 3.63) is 53.5 Å².